The Bertz CT molecular complexity index is 419. The molecule has 1 aromatic carbocycles. The van der Waals surface area contributed by atoms with Crippen molar-refractivity contribution in [3.8, 4) is 0 Å². The minimum absolute atomic E-state index is 0.000463. The third-order valence-electron chi connectivity index (χ3n) is 1.67. The molecule has 0 aliphatic rings. The van der Waals surface area contributed by atoms with Crippen molar-refractivity contribution in [1.29, 1.82) is 0 Å². The molecule has 0 heterocycles. The average molecular weight is 232 g/mol. The zero-order chi connectivity index (χ0) is 11.6. The first-order valence-corrected chi connectivity index (χ1v) is 4.15. The minimum Gasteiger partial charge on any atom is -0.479 e. The van der Waals surface area contributed by atoms with Crippen LogP contribution in [0.4, 0.5) is 5.69 Å². The summed E-state index contributed by atoms with van der Waals surface area (Å²) in [5, 5.41) is 28.1. The number of carboxylic acids is 1. The van der Waals surface area contributed by atoms with Crippen molar-refractivity contribution < 1.29 is 19.9 Å². The molecular formula is C8H6ClNO5. The number of non-ortho nitro benzene ring substituents is 1. The Kier molecular flexibility index (Phi) is 3.23. The second-order valence-electron chi connectivity index (χ2n) is 2.74. The van der Waals surface area contributed by atoms with Gasteiger partial charge in [0.2, 0.25) is 0 Å². The van der Waals surface area contributed by atoms with Crippen molar-refractivity contribution in [2.75, 3.05) is 0 Å². The van der Waals surface area contributed by atoms with Crippen LogP contribution in [0.1, 0.15) is 11.7 Å². The Morgan fingerprint density at radius 2 is 2.07 bits per heavy atom. The Hall–Kier alpha value is -1.66. The van der Waals surface area contributed by atoms with E-state index >= 15 is 0 Å². The van der Waals surface area contributed by atoms with Gasteiger partial charge in [-0.3, -0.25) is 10.1 Å². The van der Waals surface area contributed by atoms with Crippen molar-refractivity contribution in [2.24, 2.45) is 0 Å². The summed E-state index contributed by atoms with van der Waals surface area (Å²) in [6.07, 6.45) is -1.82. The molecule has 1 aromatic rings. The van der Waals surface area contributed by atoms with Crippen LogP contribution < -0.4 is 0 Å². The van der Waals surface area contributed by atoms with E-state index in [1.807, 2.05) is 0 Å². The summed E-state index contributed by atoms with van der Waals surface area (Å²) in [5.41, 5.74) is -0.487. The van der Waals surface area contributed by atoms with E-state index in [-0.39, 0.29) is 16.3 Å². The van der Waals surface area contributed by atoms with E-state index in [0.29, 0.717) is 0 Å². The fourth-order valence-corrected chi connectivity index (χ4v) is 1.24. The quantitative estimate of drug-likeness (QED) is 0.604. The van der Waals surface area contributed by atoms with Crippen LogP contribution in [-0.2, 0) is 4.79 Å². The summed E-state index contributed by atoms with van der Waals surface area (Å²) < 4.78 is 0. The molecule has 0 aliphatic heterocycles. The molecule has 0 bridgehead atoms. The average Bonchev–Trinajstić information content (AvgIpc) is 2.15. The topological polar surface area (TPSA) is 101 Å². The molecule has 0 aliphatic carbocycles. The second kappa shape index (κ2) is 4.24. The fraction of sp³-hybridized carbons (Fsp3) is 0.125. The minimum atomic E-state index is -1.82. The third kappa shape index (κ3) is 2.64. The van der Waals surface area contributed by atoms with Gasteiger partial charge in [-0.25, -0.2) is 4.79 Å². The number of hydrogen-bond donors (Lipinski definition) is 2. The van der Waals surface area contributed by atoms with Crippen molar-refractivity contribution >= 4 is 23.3 Å². The monoisotopic (exact) mass is 231 g/mol. The van der Waals surface area contributed by atoms with Crippen molar-refractivity contribution in [3.05, 3.63) is 38.9 Å². The molecule has 6 nitrogen and oxygen atoms in total. The first kappa shape index (κ1) is 11.4. The van der Waals surface area contributed by atoms with Crippen molar-refractivity contribution in [2.45, 2.75) is 6.10 Å². The number of hydrogen-bond acceptors (Lipinski definition) is 4. The summed E-state index contributed by atoms with van der Waals surface area (Å²) in [5.74, 6) is -1.49. The zero-order valence-corrected chi connectivity index (χ0v) is 8.01. The van der Waals surface area contributed by atoms with Gasteiger partial charge in [0.05, 0.1) is 4.92 Å². The van der Waals surface area contributed by atoms with Gasteiger partial charge in [-0.05, 0) is 11.6 Å². The highest BCUT2D eigenvalue weighted by atomic mass is 35.5. The van der Waals surface area contributed by atoms with E-state index in [2.05, 4.69) is 0 Å². The van der Waals surface area contributed by atoms with Crippen LogP contribution >= 0.6 is 11.6 Å². The predicted molar refractivity (Wildman–Crippen MR) is 50.7 cm³/mol. The highest BCUT2D eigenvalue weighted by Gasteiger charge is 2.19. The van der Waals surface area contributed by atoms with Gasteiger partial charge in [-0.15, -0.1) is 0 Å². The van der Waals surface area contributed by atoms with Crippen molar-refractivity contribution in [3.63, 3.8) is 0 Å². The molecule has 15 heavy (non-hydrogen) atoms. The number of nitrogens with zero attached hydrogens (tertiary/aromatic N) is 1. The first-order chi connectivity index (χ1) is 6.91. The van der Waals surface area contributed by atoms with E-state index in [9.17, 15) is 14.9 Å². The number of rotatable bonds is 3. The molecule has 0 amide bonds. The summed E-state index contributed by atoms with van der Waals surface area (Å²) >= 11 is 5.53. The van der Waals surface area contributed by atoms with Gasteiger partial charge in [-0.1, -0.05) is 11.6 Å². The number of carbonyl (C=O) groups is 1. The lowest BCUT2D eigenvalue weighted by molar-refractivity contribution is -0.384. The molecule has 1 atom stereocenters. The number of nitro benzene ring substituents is 1. The molecule has 0 fully saturated rings. The molecule has 2 N–H and O–H groups in total. The van der Waals surface area contributed by atoms with Crippen LogP contribution in [0.15, 0.2) is 18.2 Å². The standard InChI is InChI=1S/C8H6ClNO5/c9-5-1-4(7(11)8(12)13)2-6(3-5)10(14)15/h1-3,7,11H,(H,12,13). The molecule has 0 saturated carbocycles. The third-order valence-corrected chi connectivity index (χ3v) is 1.88. The first-order valence-electron chi connectivity index (χ1n) is 3.77. The summed E-state index contributed by atoms with van der Waals surface area (Å²) in [4.78, 5) is 20.1. The maximum atomic E-state index is 10.4. The Balaban J connectivity index is 3.20. The van der Waals surface area contributed by atoms with Crippen LogP contribution in [0, 0.1) is 10.1 Å². The molecular weight excluding hydrogens is 226 g/mol. The zero-order valence-electron chi connectivity index (χ0n) is 7.25. The Labute approximate surface area is 88.9 Å². The Morgan fingerprint density at radius 1 is 1.47 bits per heavy atom. The highest BCUT2D eigenvalue weighted by Crippen LogP contribution is 2.24. The fourth-order valence-electron chi connectivity index (χ4n) is 1.00. The van der Waals surface area contributed by atoms with E-state index in [0.717, 1.165) is 18.2 Å². The molecule has 80 valence electrons. The molecule has 0 radical (unpaired) electrons. The number of aliphatic hydroxyl groups excluding tert-OH is 1. The van der Waals surface area contributed by atoms with Crippen molar-refractivity contribution in [1.82, 2.24) is 0 Å². The lowest BCUT2D eigenvalue weighted by Gasteiger charge is -2.05. The molecule has 0 saturated heterocycles. The van der Waals surface area contributed by atoms with Gasteiger partial charge >= 0.3 is 5.97 Å². The maximum absolute atomic E-state index is 10.4. The second-order valence-corrected chi connectivity index (χ2v) is 3.18. The number of aliphatic hydroxyl groups is 1. The highest BCUT2D eigenvalue weighted by molar-refractivity contribution is 6.30. The van der Waals surface area contributed by atoms with Gasteiger partial charge in [0.25, 0.3) is 5.69 Å². The normalized spacial score (nSPS) is 12.1. The molecule has 0 spiro atoms. The van der Waals surface area contributed by atoms with E-state index in [4.69, 9.17) is 21.8 Å². The molecule has 7 heteroatoms. The lowest BCUT2D eigenvalue weighted by atomic mass is 10.1. The summed E-state index contributed by atoms with van der Waals surface area (Å²) in [7, 11) is 0. The Morgan fingerprint density at radius 3 is 2.53 bits per heavy atom. The van der Waals surface area contributed by atoms with Gasteiger partial charge in [0.15, 0.2) is 6.10 Å². The van der Waals surface area contributed by atoms with Crippen LogP contribution in [0.25, 0.3) is 0 Å². The summed E-state index contributed by atoms with van der Waals surface area (Å²) in [6.45, 7) is 0. The van der Waals surface area contributed by atoms with Gasteiger partial charge in [0.1, 0.15) is 0 Å². The van der Waals surface area contributed by atoms with Gasteiger partial charge in [0, 0.05) is 17.2 Å². The van der Waals surface area contributed by atoms with Crippen LogP contribution in [0.3, 0.4) is 0 Å². The van der Waals surface area contributed by atoms with Gasteiger partial charge in [-0.2, -0.15) is 0 Å². The van der Waals surface area contributed by atoms with E-state index < -0.39 is 17.0 Å². The lowest BCUT2D eigenvalue weighted by Crippen LogP contribution is -2.10. The maximum Gasteiger partial charge on any atom is 0.337 e. The number of aliphatic carboxylic acids is 1. The largest absolute Gasteiger partial charge is 0.479 e. The number of nitro groups is 1. The van der Waals surface area contributed by atoms with Crippen LogP contribution in [0.2, 0.25) is 5.02 Å². The number of carboxylic acid groups (broad SMARTS) is 1. The van der Waals surface area contributed by atoms with E-state index in [1.165, 1.54) is 0 Å². The van der Waals surface area contributed by atoms with Crippen LogP contribution in [-0.4, -0.2) is 21.1 Å². The molecule has 1 rings (SSSR count). The van der Waals surface area contributed by atoms with Crippen LogP contribution in [0.5, 0.6) is 0 Å². The van der Waals surface area contributed by atoms with Gasteiger partial charge < -0.3 is 10.2 Å². The number of benzene rings is 1. The smallest absolute Gasteiger partial charge is 0.337 e. The molecule has 1 unspecified atom stereocenters. The summed E-state index contributed by atoms with van der Waals surface area (Å²) in [6, 6.07) is 3.19. The molecule has 0 aromatic heterocycles. The predicted octanol–water partition coefficient (Wildman–Crippen LogP) is 1.37. The SMILES string of the molecule is O=C(O)C(O)c1cc(Cl)cc([N+](=O)[O-])c1. The van der Waals surface area contributed by atoms with E-state index in [1.54, 1.807) is 0 Å². The number of halogens is 1.